The Morgan fingerprint density at radius 2 is 1.89 bits per heavy atom. The molecule has 0 atom stereocenters. The number of halogens is 3. The van der Waals surface area contributed by atoms with Gasteiger partial charge in [0.1, 0.15) is 17.1 Å². The molecule has 0 spiro atoms. The summed E-state index contributed by atoms with van der Waals surface area (Å²) in [6, 6.07) is 2.19. The largest absolute Gasteiger partial charge is 0.534 e. The number of carbonyl (C=O) groups is 1. The lowest BCUT2D eigenvalue weighted by Crippen LogP contribution is -2.28. The van der Waals surface area contributed by atoms with Gasteiger partial charge in [-0.15, -0.1) is 0 Å². The maximum Gasteiger partial charge on any atom is 0.534 e. The van der Waals surface area contributed by atoms with Gasteiger partial charge in [0.05, 0.1) is 7.11 Å². The molecule has 1 aromatic carbocycles. The van der Waals surface area contributed by atoms with Crippen molar-refractivity contribution >= 4 is 16.1 Å². The average Bonchev–Trinajstić information content (AvgIpc) is 2.26. The fraction of sp³-hybridized carbons (Fsp3) is 0.222. The zero-order chi connectivity index (χ0) is 14.8. The SMILES string of the molecule is COC(=O)c1ccc(OS(=O)(=O)C(F)(F)F)cc1O. The first-order valence-corrected chi connectivity index (χ1v) is 5.91. The molecule has 0 unspecified atom stereocenters. The van der Waals surface area contributed by atoms with E-state index in [2.05, 4.69) is 8.92 Å². The van der Waals surface area contributed by atoms with Crippen molar-refractivity contribution in [3.8, 4) is 11.5 Å². The van der Waals surface area contributed by atoms with E-state index in [1.54, 1.807) is 0 Å². The summed E-state index contributed by atoms with van der Waals surface area (Å²) < 4.78 is 65.5. The number of methoxy groups -OCH3 is 1. The summed E-state index contributed by atoms with van der Waals surface area (Å²) in [4.78, 5) is 11.1. The van der Waals surface area contributed by atoms with Gasteiger partial charge < -0.3 is 14.0 Å². The molecule has 0 saturated carbocycles. The lowest BCUT2D eigenvalue weighted by molar-refractivity contribution is -0.0500. The highest BCUT2D eigenvalue weighted by Crippen LogP contribution is 2.30. The third kappa shape index (κ3) is 3.28. The summed E-state index contributed by atoms with van der Waals surface area (Å²) in [5, 5.41) is 9.34. The molecule has 0 saturated heterocycles. The third-order valence-corrected chi connectivity index (χ3v) is 2.84. The molecule has 0 fully saturated rings. The van der Waals surface area contributed by atoms with Crippen LogP contribution in [0.5, 0.6) is 11.5 Å². The zero-order valence-electron chi connectivity index (χ0n) is 9.26. The minimum absolute atomic E-state index is 0.348. The molecule has 0 radical (unpaired) electrons. The van der Waals surface area contributed by atoms with Gasteiger partial charge in [0.15, 0.2) is 0 Å². The molecule has 1 aromatic rings. The molecule has 0 bridgehead atoms. The first kappa shape index (κ1) is 15.1. The quantitative estimate of drug-likeness (QED) is 0.515. The molecule has 6 nitrogen and oxygen atoms in total. The Bertz CT molecular complexity index is 592. The first-order valence-electron chi connectivity index (χ1n) is 4.50. The van der Waals surface area contributed by atoms with E-state index in [0.29, 0.717) is 6.07 Å². The second-order valence-electron chi connectivity index (χ2n) is 3.15. The van der Waals surface area contributed by atoms with E-state index >= 15 is 0 Å². The van der Waals surface area contributed by atoms with Crippen molar-refractivity contribution in [1.29, 1.82) is 0 Å². The summed E-state index contributed by atoms with van der Waals surface area (Å²) in [5.41, 5.74) is -5.94. The molecule has 19 heavy (non-hydrogen) atoms. The highest BCUT2D eigenvalue weighted by atomic mass is 32.2. The standard InChI is InChI=1S/C9H7F3O6S/c1-17-8(14)6-3-2-5(4-7(6)13)18-19(15,16)9(10,11)12/h2-4,13H,1H3. The van der Waals surface area contributed by atoms with E-state index in [4.69, 9.17) is 0 Å². The number of hydrogen-bond acceptors (Lipinski definition) is 6. The molecular weight excluding hydrogens is 293 g/mol. The van der Waals surface area contributed by atoms with Crippen LogP contribution < -0.4 is 4.18 Å². The lowest BCUT2D eigenvalue weighted by Gasteiger charge is -2.10. The van der Waals surface area contributed by atoms with Crippen LogP contribution in [-0.2, 0) is 14.9 Å². The average molecular weight is 300 g/mol. The lowest BCUT2D eigenvalue weighted by atomic mass is 10.2. The molecule has 0 heterocycles. The smallest absolute Gasteiger partial charge is 0.507 e. The van der Waals surface area contributed by atoms with Gasteiger partial charge in [0, 0.05) is 6.07 Å². The molecule has 1 N–H and O–H groups in total. The second-order valence-corrected chi connectivity index (χ2v) is 4.69. The van der Waals surface area contributed by atoms with Crippen molar-refractivity contribution in [2.75, 3.05) is 7.11 Å². The van der Waals surface area contributed by atoms with Gasteiger partial charge in [-0.25, -0.2) is 4.79 Å². The van der Waals surface area contributed by atoms with Crippen molar-refractivity contribution in [3.05, 3.63) is 23.8 Å². The van der Waals surface area contributed by atoms with Crippen LogP contribution >= 0.6 is 0 Å². The van der Waals surface area contributed by atoms with E-state index < -0.39 is 33.1 Å². The van der Waals surface area contributed by atoms with Crippen LogP contribution in [0.3, 0.4) is 0 Å². The molecule has 0 amide bonds. The van der Waals surface area contributed by atoms with Crippen LogP contribution in [0.2, 0.25) is 0 Å². The van der Waals surface area contributed by atoms with Crippen LogP contribution in [0.15, 0.2) is 18.2 Å². The summed E-state index contributed by atoms with van der Waals surface area (Å²) in [7, 11) is -4.81. The normalized spacial score (nSPS) is 12.0. The van der Waals surface area contributed by atoms with Crippen molar-refractivity contribution in [1.82, 2.24) is 0 Å². The Balaban J connectivity index is 3.07. The van der Waals surface area contributed by atoms with Gasteiger partial charge in [-0.3, -0.25) is 0 Å². The number of benzene rings is 1. The fourth-order valence-electron chi connectivity index (χ4n) is 1.02. The number of phenolic OH excluding ortho intramolecular Hbond substituents is 1. The number of aromatic hydroxyl groups is 1. The third-order valence-electron chi connectivity index (χ3n) is 1.86. The van der Waals surface area contributed by atoms with E-state index in [9.17, 15) is 31.5 Å². The van der Waals surface area contributed by atoms with E-state index in [1.165, 1.54) is 0 Å². The summed E-state index contributed by atoms with van der Waals surface area (Å²) >= 11 is 0. The highest BCUT2D eigenvalue weighted by molar-refractivity contribution is 7.88. The van der Waals surface area contributed by atoms with Crippen LogP contribution in [0.4, 0.5) is 13.2 Å². The van der Waals surface area contributed by atoms with Crippen molar-refractivity contribution in [3.63, 3.8) is 0 Å². The van der Waals surface area contributed by atoms with E-state index in [-0.39, 0.29) is 5.56 Å². The monoisotopic (exact) mass is 300 g/mol. The van der Waals surface area contributed by atoms with Crippen LogP contribution in [0.1, 0.15) is 10.4 Å². The van der Waals surface area contributed by atoms with E-state index in [0.717, 1.165) is 19.2 Å². The van der Waals surface area contributed by atoms with Gasteiger partial charge >= 0.3 is 21.6 Å². The second kappa shape index (κ2) is 4.96. The molecular formula is C9H7F3O6S. The number of ether oxygens (including phenoxy) is 1. The van der Waals surface area contributed by atoms with Crippen molar-refractivity contribution in [2.24, 2.45) is 0 Å². The number of alkyl halides is 3. The van der Waals surface area contributed by atoms with Crippen molar-refractivity contribution in [2.45, 2.75) is 5.51 Å². The summed E-state index contributed by atoms with van der Waals surface area (Å²) in [6.45, 7) is 0. The maximum atomic E-state index is 12.0. The molecule has 0 aromatic heterocycles. The molecule has 0 aliphatic rings. The first-order chi connectivity index (χ1) is 8.58. The Morgan fingerprint density at radius 1 is 1.32 bits per heavy atom. The topological polar surface area (TPSA) is 89.9 Å². The van der Waals surface area contributed by atoms with Gasteiger partial charge in [-0.1, -0.05) is 0 Å². The van der Waals surface area contributed by atoms with Crippen LogP contribution in [0.25, 0.3) is 0 Å². The summed E-state index contributed by atoms with van der Waals surface area (Å²) in [5.74, 6) is -2.51. The number of esters is 1. The Labute approximate surface area is 105 Å². The predicted molar refractivity (Wildman–Crippen MR) is 55.0 cm³/mol. The number of rotatable bonds is 3. The summed E-state index contributed by atoms with van der Waals surface area (Å²) in [6.07, 6.45) is 0. The molecule has 10 heteroatoms. The molecule has 0 aliphatic carbocycles. The molecule has 0 aliphatic heterocycles. The minimum atomic E-state index is -5.83. The van der Waals surface area contributed by atoms with Gasteiger partial charge in [-0.05, 0) is 12.1 Å². The molecule has 1 rings (SSSR count). The fourth-order valence-corrected chi connectivity index (χ4v) is 1.47. The number of hydrogen-bond donors (Lipinski definition) is 1. The Morgan fingerprint density at radius 3 is 2.32 bits per heavy atom. The van der Waals surface area contributed by atoms with Gasteiger partial charge in [-0.2, -0.15) is 21.6 Å². The van der Waals surface area contributed by atoms with E-state index in [1.807, 2.05) is 0 Å². The number of phenols is 1. The van der Waals surface area contributed by atoms with Crippen LogP contribution in [-0.4, -0.2) is 32.1 Å². The Kier molecular flexibility index (Phi) is 3.94. The minimum Gasteiger partial charge on any atom is -0.507 e. The Hall–Kier alpha value is -1.97. The van der Waals surface area contributed by atoms with Crippen molar-refractivity contribution < 1.29 is 40.4 Å². The maximum absolute atomic E-state index is 12.0. The zero-order valence-corrected chi connectivity index (χ0v) is 10.1. The number of carbonyl (C=O) groups excluding carboxylic acids is 1. The molecule has 106 valence electrons. The van der Waals surface area contributed by atoms with Gasteiger partial charge in [0.2, 0.25) is 0 Å². The highest BCUT2D eigenvalue weighted by Gasteiger charge is 2.48. The van der Waals surface area contributed by atoms with Gasteiger partial charge in [0.25, 0.3) is 0 Å². The predicted octanol–water partition coefficient (Wildman–Crippen LogP) is 1.41. The van der Waals surface area contributed by atoms with Crippen LogP contribution in [0, 0.1) is 0 Å².